The van der Waals surface area contributed by atoms with Gasteiger partial charge in [-0.2, -0.15) is 0 Å². The minimum atomic E-state index is -0.331. The van der Waals surface area contributed by atoms with Crippen molar-refractivity contribution in [2.75, 3.05) is 6.61 Å². The van der Waals surface area contributed by atoms with Gasteiger partial charge in [-0.25, -0.2) is 0 Å². The molecule has 1 aliphatic rings. The van der Waals surface area contributed by atoms with Crippen LogP contribution in [0.4, 0.5) is 5.69 Å². The number of nitro groups is 1. The summed E-state index contributed by atoms with van der Waals surface area (Å²) in [5.74, 6) is 0. The van der Waals surface area contributed by atoms with Crippen molar-refractivity contribution in [3.63, 3.8) is 0 Å². The second-order valence-corrected chi connectivity index (χ2v) is 5.10. The Kier molecular flexibility index (Phi) is 4.50. The Morgan fingerprint density at radius 1 is 1.58 bits per heavy atom. The van der Waals surface area contributed by atoms with Gasteiger partial charge in [0.05, 0.1) is 11.0 Å². The zero-order valence-corrected chi connectivity index (χ0v) is 11.4. The molecule has 2 rings (SSSR count). The van der Waals surface area contributed by atoms with Crippen molar-refractivity contribution in [1.29, 1.82) is 0 Å². The maximum absolute atomic E-state index is 10.9. The third-order valence-corrected chi connectivity index (χ3v) is 3.62. The number of nitrogens with one attached hydrogen (secondary N) is 1. The summed E-state index contributed by atoms with van der Waals surface area (Å²) < 4.78 is 5.61. The van der Waals surface area contributed by atoms with E-state index in [2.05, 4.69) is 12.2 Å². The summed E-state index contributed by atoms with van der Waals surface area (Å²) in [5, 5.41) is 14.3. The van der Waals surface area contributed by atoms with Crippen LogP contribution in [-0.4, -0.2) is 23.7 Å². The maximum atomic E-state index is 10.9. The number of rotatable bonds is 5. The van der Waals surface area contributed by atoms with E-state index < -0.39 is 0 Å². The number of aryl methyl sites for hydroxylation is 1. The molecule has 104 valence electrons. The third kappa shape index (κ3) is 3.52. The zero-order chi connectivity index (χ0) is 13.8. The Labute approximate surface area is 113 Å². The molecule has 0 radical (unpaired) electrons. The van der Waals surface area contributed by atoms with Crippen molar-refractivity contribution in [1.82, 2.24) is 5.32 Å². The minimum Gasteiger partial charge on any atom is -0.377 e. The fourth-order valence-corrected chi connectivity index (χ4v) is 2.37. The molecule has 5 nitrogen and oxygen atoms in total. The topological polar surface area (TPSA) is 64.4 Å². The Morgan fingerprint density at radius 3 is 3.00 bits per heavy atom. The van der Waals surface area contributed by atoms with Crippen LogP contribution in [-0.2, 0) is 11.3 Å². The van der Waals surface area contributed by atoms with E-state index >= 15 is 0 Å². The SMILES string of the molecule is Cc1ccc(CNC(C)C2CCCO2)cc1[N+](=O)[O-]. The molecule has 0 aliphatic carbocycles. The molecular formula is C14H20N2O3. The molecule has 1 heterocycles. The Morgan fingerprint density at radius 2 is 2.37 bits per heavy atom. The van der Waals surface area contributed by atoms with Gasteiger partial charge in [0.25, 0.3) is 5.69 Å². The molecule has 2 unspecified atom stereocenters. The summed E-state index contributed by atoms with van der Waals surface area (Å²) in [7, 11) is 0. The average molecular weight is 264 g/mol. The van der Waals surface area contributed by atoms with Crippen molar-refractivity contribution in [3.05, 3.63) is 39.4 Å². The molecule has 0 bridgehead atoms. The van der Waals surface area contributed by atoms with Gasteiger partial charge in [0.15, 0.2) is 0 Å². The van der Waals surface area contributed by atoms with Crippen molar-refractivity contribution >= 4 is 5.69 Å². The van der Waals surface area contributed by atoms with E-state index in [0.29, 0.717) is 12.1 Å². The van der Waals surface area contributed by atoms with Gasteiger partial charge >= 0.3 is 0 Å². The van der Waals surface area contributed by atoms with Gasteiger partial charge in [-0.3, -0.25) is 10.1 Å². The zero-order valence-electron chi connectivity index (χ0n) is 11.4. The maximum Gasteiger partial charge on any atom is 0.272 e. The van der Waals surface area contributed by atoms with Crippen molar-refractivity contribution < 1.29 is 9.66 Å². The van der Waals surface area contributed by atoms with Crippen LogP contribution in [0.5, 0.6) is 0 Å². The largest absolute Gasteiger partial charge is 0.377 e. The molecule has 1 aromatic rings. The van der Waals surface area contributed by atoms with Gasteiger partial charge in [0.1, 0.15) is 0 Å². The molecule has 2 atom stereocenters. The van der Waals surface area contributed by atoms with Crippen molar-refractivity contribution in [3.8, 4) is 0 Å². The lowest BCUT2D eigenvalue weighted by Gasteiger charge is -2.20. The third-order valence-electron chi connectivity index (χ3n) is 3.62. The summed E-state index contributed by atoms with van der Waals surface area (Å²) in [5.41, 5.74) is 1.81. The smallest absolute Gasteiger partial charge is 0.272 e. The monoisotopic (exact) mass is 264 g/mol. The minimum absolute atomic E-state index is 0.184. The Balaban J connectivity index is 1.95. The number of hydrogen-bond donors (Lipinski definition) is 1. The summed E-state index contributed by atoms with van der Waals surface area (Å²) in [6.07, 6.45) is 2.47. The predicted molar refractivity (Wildman–Crippen MR) is 73.1 cm³/mol. The van der Waals surface area contributed by atoms with E-state index in [0.717, 1.165) is 25.0 Å². The summed E-state index contributed by atoms with van der Waals surface area (Å²) in [6.45, 7) is 5.32. The molecule has 1 saturated heterocycles. The molecule has 0 amide bonds. The van der Waals surface area contributed by atoms with E-state index in [-0.39, 0.29) is 22.8 Å². The lowest BCUT2D eigenvalue weighted by atomic mass is 10.1. The Bertz CT molecular complexity index is 456. The molecule has 1 N–H and O–H groups in total. The molecule has 5 heteroatoms. The molecular weight excluding hydrogens is 244 g/mol. The van der Waals surface area contributed by atoms with Gasteiger partial charge in [-0.1, -0.05) is 12.1 Å². The fourth-order valence-electron chi connectivity index (χ4n) is 2.37. The van der Waals surface area contributed by atoms with Gasteiger partial charge in [0, 0.05) is 30.8 Å². The molecule has 19 heavy (non-hydrogen) atoms. The number of ether oxygens (including phenoxy) is 1. The van der Waals surface area contributed by atoms with Crippen LogP contribution in [0.25, 0.3) is 0 Å². The van der Waals surface area contributed by atoms with Crippen LogP contribution in [0.3, 0.4) is 0 Å². The number of nitro benzene ring substituents is 1. The second-order valence-electron chi connectivity index (χ2n) is 5.10. The molecule has 0 spiro atoms. The standard InChI is InChI=1S/C14H20N2O3/c1-10-5-6-12(8-13(10)16(17)18)9-15-11(2)14-4-3-7-19-14/h5-6,8,11,14-15H,3-4,7,9H2,1-2H3. The normalized spacial score (nSPS) is 20.4. The van der Waals surface area contributed by atoms with Crippen LogP contribution in [0.2, 0.25) is 0 Å². The number of nitrogens with zero attached hydrogens (tertiary/aromatic N) is 1. The van der Waals surface area contributed by atoms with Gasteiger partial charge in [-0.05, 0) is 32.3 Å². The quantitative estimate of drug-likeness (QED) is 0.655. The van der Waals surface area contributed by atoms with Gasteiger partial charge in [-0.15, -0.1) is 0 Å². The van der Waals surface area contributed by atoms with Crippen LogP contribution in [0.1, 0.15) is 30.9 Å². The first kappa shape index (κ1) is 14.0. The first-order chi connectivity index (χ1) is 9.08. The van der Waals surface area contributed by atoms with E-state index in [1.54, 1.807) is 19.1 Å². The number of benzene rings is 1. The molecule has 1 fully saturated rings. The molecule has 0 saturated carbocycles. The highest BCUT2D eigenvalue weighted by Gasteiger charge is 2.22. The molecule has 1 aliphatic heterocycles. The van der Waals surface area contributed by atoms with Crippen LogP contribution < -0.4 is 5.32 Å². The van der Waals surface area contributed by atoms with E-state index in [4.69, 9.17) is 4.74 Å². The van der Waals surface area contributed by atoms with E-state index in [1.165, 1.54) is 0 Å². The highest BCUT2D eigenvalue weighted by Crippen LogP contribution is 2.20. The highest BCUT2D eigenvalue weighted by atomic mass is 16.6. The first-order valence-electron chi connectivity index (χ1n) is 6.67. The lowest BCUT2D eigenvalue weighted by molar-refractivity contribution is -0.385. The summed E-state index contributed by atoms with van der Waals surface area (Å²) in [4.78, 5) is 10.6. The van der Waals surface area contributed by atoms with Crippen molar-refractivity contribution in [2.45, 2.75) is 45.4 Å². The lowest BCUT2D eigenvalue weighted by Crippen LogP contribution is -2.36. The van der Waals surface area contributed by atoms with E-state index in [9.17, 15) is 10.1 Å². The van der Waals surface area contributed by atoms with Crippen molar-refractivity contribution in [2.24, 2.45) is 0 Å². The Hall–Kier alpha value is -1.46. The van der Waals surface area contributed by atoms with Crippen LogP contribution >= 0.6 is 0 Å². The van der Waals surface area contributed by atoms with Gasteiger partial charge < -0.3 is 10.1 Å². The molecule has 1 aromatic carbocycles. The predicted octanol–water partition coefficient (Wildman–Crippen LogP) is 2.56. The van der Waals surface area contributed by atoms with Crippen LogP contribution in [0, 0.1) is 17.0 Å². The molecule has 0 aromatic heterocycles. The number of hydrogen-bond acceptors (Lipinski definition) is 4. The first-order valence-corrected chi connectivity index (χ1v) is 6.67. The summed E-state index contributed by atoms with van der Waals surface area (Å²) >= 11 is 0. The van der Waals surface area contributed by atoms with E-state index in [1.807, 2.05) is 6.07 Å². The van der Waals surface area contributed by atoms with Gasteiger partial charge in [0.2, 0.25) is 0 Å². The van der Waals surface area contributed by atoms with Crippen LogP contribution in [0.15, 0.2) is 18.2 Å². The highest BCUT2D eigenvalue weighted by molar-refractivity contribution is 5.42. The second kappa shape index (κ2) is 6.12. The summed E-state index contributed by atoms with van der Waals surface area (Å²) in [6, 6.07) is 5.64. The fraction of sp³-hybridized carbons (Fsp3) is 0.571. The average Bonchev–Trinajstić information content (AvgIpc) is 2.91.